The first-order valence-corrected chi connectivity index (χ1v) is 11.7. The lowest BCUT2D eigenvalue weighted by molar-refractivity contribution is -0.113. The number of rotatable bonds is 6. The van der Waals surface area contributed by atoms with E-state index in [2.05, 4.69) is 26.6 Å². The van der Waals surface area contributed by atoms with Crippen molar-refractivity contribution < 1.29 is 18.0 Å². The van der Waals surface area contributed by atoms with E-state index in [1.807, 2.05) is 12.1 Å². The molecular formula is C20H16BrN3O4S2. The molecule has 0 radical (unpaired) electrons. The minimum atomic E-state index is -3.83. The van der Waals surface area contributed by atoms with Crippen LogP contribution in [0.1, 0.15) is 15.2 Å². The van der Waals surface area contributed by atoms with Crippen LogP contribution in [0.4, 0.5) is 5.69 Å². The summed E-state index contributed by atoms with van der Waals surface area (Å²) in [6, 6.07) is 16.0. The minimum Gasteiger partial charge on any atom is -0.321 e. The van der Waals surface area contributed by atoms with E-state index in [0.717, 1.165) is 4.47 Å². The first-order valence-electron chi connectivity index (χ1n) is 8.49. The molecule has 0 aliphatic carbocycles. The lowest BCUT2D eigenvalue weighted by Crippen LogP contribution is -2.30. The van der Waals surface area contributed by atoms with Gasteiger partial charge in [-0.05, 0) is 59.5 Å². The number of hydrogen-bond acceptors (Lipinski definition) is 5. The van der Waals surface area contributed by atoms with Crippen molar-refractivity contribution in [2.24, 2.45) is 5.14 Å². The van der Waals surface area contributed by atoms with Crippen LogP contribution in [-0.2, 0) is 14.8 Å². The quantitative estimate of drug-likeness (QED) is 0.443. The molecule has 0 atom stereocenters. The zero-order valence-electron chi connectivity index (χ0n) is 15.3. The second-order valence-electron chi connectivity index (χ2n) is 6.06. The second kappa shape index (κ2) is 9.35. The van der Waals surface area contributed by atoms with Crippen LogP contribution in [-0.4, -0.2) is 20.2 Å². The van der Waals surface area contributed by atoms with Gasteiger partial charge in [0.15, 0.2) is 0 Å². The van der Waals surface area contributed by atoms with Gasteiger partial charge in [-0.3, -0.25) is 9.59 Å². The molecule has 154 valence electrons. The summed E-state index contributed by atoms with van der Waals surface area (Å²) in [5.74, 6) is -0.973. The third-order valence-electron chi connectivity index (χ3n) is 3.86. The van der Waals surface area contributed by atoms with Crippen LogP contribution in [0.2, 0.25) is 0 Å². The fraction of sp³-hybridized carbons (Fsp3) is 0. The van der Waals surface area contributed by atoms with E-state index in [1.54, 1.807) is 35.7 Å². The van der Waals surface area contributed by atoms with E-state index in [1.165, 1.54) is 35.6 Å². The Hall–Kier alpha value is -2.79. The highest BCUT2D eigenvalue weighted by Crippen LogP contribution is 2.17. The van der Waals surface area contributed by atoms with Gasteiger partial charge < -0.3 is 10.6 Å². The SMILES string of the molecule is NS(=O)(=O)c1ccc(NC(=O)C(=Cc2ccc(Br)cc2)NC(=O)c2cccs2)cc1. The standard InChI is InChI=1S/C20H16BrN3O4S2/c21-14-5-3-13(4-6-14)12-17(24-20(26)18-2-1-11-29-18)19(25)23-15-7-9-16(10-8-15)30(22,27)28/h1-12H,(H,23,25)(H,24,26)(H2,22,27,28). The van der Waals surface area contributed by atoms with Crippen molar-refractivity contribution in [2.45, 2.75) is 4.90 Å². The van der Waals surface area contributed by atoms with Gasteiger partial charge in [0.25, 0.3) is 11.8 Å². The first-order chi connectivity index (χ1) is 14.2. The van der Waals surface area contributed by atoms with Crippen molar-refractivity contribution in [1.82, 2.24) is 5.32 Å². The number of carbonyl (C=O) groups excluding carboxylic acids is 2. The number of benzene rings is 2. The molecule has 3 aromatic rings. The third-order valence-corrected chi connectivity index (χ3v) is 6.19. The number of hydrogen-bond donors (Lipinski definition) is 3. The van der Waals surface area contributed by atoms with Crippen LogP contribution in [0.5, 0.6) is 0 Å². The highest BCUT2D eigenvalue weighted by Gasteiger charge is 2.16. The molecule has 0 bridgehead atoms. The smallest absolute Gasteiger partial charge is 0.272 e. The number of sulfonamides is 1. The maximum atomic E-state index is 12.8. The number of anilines is 1. The van der Waals surface area contributed by atoms with Crippen LogP contribution in [0.15, 0.2) is 81.1 Å². The normalized spacial score (nSPS) is 11.7. The molecule has 2 amide bonds. The zero-order chi connectivity index (χ0) is 21.7. The Morgan fingerprint density at radius 3 is 2.23 bits per heavy atom. The summed E-state index contributed by atoms with van der Waals surface area (Å²) in [5, 5.41) is 12.1. The van der Waals surface area contributed by atoms with Crippen molar-refractivity contribution in [1.29, 1.82) is 0 Å². The predicted octanol–water partition coefficient (Wildman–Crippen LogP) is 3.57. The van der Waals surface area contributed by atoms with Crippen LogP contribution in [0, 0.1) is 0 Å². The summed E-state index contributed by atoms with van der Waals surface area (Å²) in [6.45, 7) is 0. The molecule has 10 heteroatoms. The van der Waals surface area contributed by atoms with Crippen LogP contribution in [0.25, 0.3) is 6.08 Å². The molecule has 0 unspecified atom stereocenters. The van der Waals surface area contributed by atoms with Gasteiger partial charge in [-0.2, -0.15) is 0 Å². The topological polar surface area (TPSA) is 118 Å². The first kappa shape index (κ1) is 21.9. The average Bonchev–Trinajstić information content (AvgIpc) is 3.24. The molecule has 0 saturated carbocycles. The van der Waals surface area contributed by atoms with Gasteiger partial charge in [0.1, 0.15) is 5.70 Å². The molecule has 7 nitrogen and oxygen atoms in total. The molecule has 1 heterocycles. The molecule has 3 rings (SSSR count). The fourth-order valence-corrected chi connectivity index (χ4v) is 3.80. The van der Waals surface area contributed by atoms with Gasteiger partial charge in [0.05, 0.1) is 9.77 Å². The molecule has 1 aromatic heterocycles. The number of primary sulfonamides is 1. The minimum absolute atomic E-state index is 0.0336. The van der Waals surface area contributed by atoms with E-state index < -0.39 is 21.8 Å². The van der Waals surface area contributed by atoms with Gasteiger partial charge >= 0.3 is 0 Å². The number of nitrogens with two attached hydrogens (primary N) is 1. The summed E-state index contributed by atoms with van der Waals surface area (Å²) >= 11 is 4.61. The van der Waals surface area contributed by atoms with Crippen molar-refractivity contribution in [3.63, 3.8) is 0 Å². The van der Waals surface area contributed by atoms with Crippen molar-refractivity contribution in [2.75, 3.05) is 5.32 Å². The molecule has 30 heavy (non-hydrogen) atoms. The average molecular weight is 506 g/mol. The van der Waals surface area contributed by atoms with Gasteiger partial charge in [-0.1, -0.05) is 34.1 Å². The van der Waals surface area contributed by atoms with Gasteiger partial charge in [0.2, 0.25) is 10.0 Å². The van der Waals surface area contributed by atoms with Crippen molar-refractivity contribution in [3.8, 4) is 0 Å². The summed E-state index contributed by atoms with van der Waals surface area (Å²) in [6.07, 6.45) is 1.55. The Bertz CT molecular complexity index is 1190. The lowest BCUT2D eigenvalue weighted by Gasteiger charge is -2.11. The summed E-state index contributed by atoms with van der Waals surface area (Å²) in [5.41, 5.74) is 1.09. The predicted molar refractivity (Wildman–Crippen MR) is 120 cm³/mol. The third kappa shape index (κ3) is 5.86. The Morgan fingerprint density at radius 1 is 1.00 bits per heavy atom. The van der Waals surface area contributed by atoms with Gasteiger partial charge in [0, 0.05) is 10.2 Å². The summed E-state index contributed by atoms with van der Waals surface area (Å²) in [4.78, 5) is 25.7. The summed E-state index contributed by atoms with van der Waals surface area (Å²) in [7, 11) is -3.83. The highest BCUT2D eigenvalue weighted by molar-refractivity contribution is 9.10. The van der Waals surface area contributed by atoms with Gasteiger partial charge in [-0.15, -0.1) is 11.3 Å². The molecule has 4 N–H and O–H groups in total. The highest BCUT2D eigenvalue weighted by atomic mass is 79.9. The van der Waals surface area contributed by atoms with Gasteiger partial charge in [-0.25, -0.2) is 13.6 Å². The lowest BCUT2D eigenvalue weighted by atomic mass is 10.2. The molecule has 0 saturated heterocycles. The van der Waals surface area contributed by atoms with Crippen molar-refractivity contribution >= 4 is 60.9 Å². The van der Waals surface area contributed by atoms with Crippen molar-refractivity contribution in [3.05, 3.63) is 86.7 Å². The number of thiophene rings is 1. The molecule has 0 aliphatic rings. The monoisotopic (exact) mass is 505 g/mol. The maximum absolute atomic E-state index is 12.8. The van der Waals surface area contributed by atoms with E-state index >= 15 is 0 Å². The summed E-state index contributed by atoms with van der Waals surface area (Å²) < 4.78 is 23.6. The van der Waals surface area contributed by atoms with E-state index in [0.29, 0.717) is 16.1 Å². The Balaban J connectivity index is 1.85. The molecule has 0 fully saturated rings. The second-order valence-corrected chi connectivity index (χ2v) is 9.49. The zero-order valence-corrected chi connectivity index (χ0v) is 18.6. The van der Waals surface area contributed by atoms with Crippen LogP contribution < -0.4 is 15.8 Å². The van der Waals surface area contributed by atoms with Crippen LogP contribution in [0.3, 0.4) is 0 Å². The largest absolute Gasteiger partial charge is 0.321 e. The molecule has 0 aliphatic heterocycles. The number of halogens is 1. The number of carbonyl (C=O) groups is 2. The Labute approximate surface area is 185 Å². The Kier molecular flexibility index (Phi) is 6.83. The number of nitrogens with one attached hydrogen (secondary N) is 2. The fourth-order valence-electron chi connectivity index (χ4n) is 2.40. The van der Waals surface area contributed by atoms with E-state index in [-0.39, 0.29) is 10.6 Å². The Morgan fingerprint density at radius 2 is 1.67 bits per heavy atom. The molecule has 2 aromatic carbocycles. The van der Waals surface area contributed by atoms with E-state index in [4.69, 9.17) is 5.14 Å². The molecular weight excluding hydrogens is 490 g/mol. The van der Waals surface area contributed by atoms with Crippen LogP contribution >= 0.6 is 27.3 Å². The molecule has 0 spiro atoms. The van der Waals surface area contributed by atoms with E-state index in [9.17, 15) is 18.0 Å². The maximum Gasteiger partial charge on any atom is 0.272 e. The number of amides is 2.